The Bertz CT molecular complexity index is 374. The van der Waals surface area contributed by atoms with Crippen LogP contribution in [-0.4, -0.2) is 24.6 Å². The quantitative estimate of drug-likeness (QED) is 0.885. The van der Waals surface area contributed by atoms with Gasteiger partial charge in [-0.05, 0) is 67.5 Å². The Morgan fingerprint density at radius 3 is 2.94 bits per heavy atom. The first kappa shape index (κ1) is 12.9. The SMILES string of the molecule is CNC(Cc1ccc(F)cc1C)C1CCSC1. The molecule has 1 saturated heterocycles. The highest BCUT2D eigenvalue weighted by molar-refractivity contribution is 7.99. The second-order valence-corrected chi connectivity index (χ2v) is 5.94. The number of likely N-dealkylation sites (N-methyl/N-ethyl adjacent to an activating group) is 1. The molecule has 0 amide bonds. The van der Waals surface area contributed by atoms with Crippen LogP contribution in [0.3, 0.4) is 0 Å². The van der Waals surface area contributed by atoms with Crippen LogP contribution in [0.5, 0.6) is 0 Å². The first-order valence-electron chi connectivity index (χ1n) is 6.20. The van der Waals surface area contributed by atoms with Gasteiger partial charge < -0.3 is 5.32 Å². The van der Waals surface area contributed by atoms with E-state index in [-0.39, 0.29) is 5.82 Å². The minimum absolute atomic E-state index is 0.135. The lowest BCUT2D eigenvalue weighted by molar-refractivity contribution is 0.403. The number of aryl methyl sites for hydroxylation is 1. The molecule has 1 N–H and O–H groups in total. The fourth-order valence-corrected chi connectivity index (χ4v) is 3.84. The van der Waals surface area contributed by atoms with E-state index in [1.54, 1.807) is 12.1 Å². The molecule has 1 fully saturated rings. The van der Waals surface area contributed by atoms with Crippen LogP contribution in [-0.2, 0) is 6.42 Å². The summed E-state index contributed by atoms with van der Waals surface area (Å²) in [5.74, 6) is 3.16. The molecule has 2 atom stereocenters. The van der Waals surface area contributed by atoms with Crippen molar-refractivity contribution < 1.29 is 4.39 Å². The van der Waals surface area contributed by atoms with Gasteiger partial charge in [-0.15, -0.1) is 0 Å². The Kier molecular flexibility index (Phi) is 4.46. The fraction of sp³-hybridized carbons (Fsp3) is 0.571. The van der Waals surface area contributed by atoms with E-state index in [2.05, 4.69) is 5.32 Å². The fourth-order valence-electron chi connectivity index (χ4n) is 2.50. The summed E-state index contributed by atoms with van der Waals surface area (Å²) in [6.45, 7) is 1.99. The lowest BCUT2D eigenvalue weighted by Gasteiger charge is -2.23. The molecule has 94 valence electrons. The normalized spacial score (nSPS) is 21.7. The summed E-state index contributed by atoms with van der Waals surface area (Å²) in [5, 5.41) is 3.43. The maximum atomic E-state index is 13.0. The zero-order chi connectivity index (χ0) is 12.3. The predicted octanol–water partition coefficient (Wildman–Crippen LogP) is 3.02. The van der Waals surface area contributed by atoms with Crippen LogP contribution in [0.4, 0.5) is 4.39 Å². The minimum atomic E-state index is -0.135. The number of halogens is 1. The van der Waals surface area contributed by atoms with Crippen LogP contribution >= 0.6 is 11.8 Å². The van der Waals surface area contributed by atoms with Crippen molar-refractivity contribution in [2.45, 2.75) is 25.8 Å². The van der Waals surface area contributed by atoms with Crippen molar-refractivity contribution >= 4 is 11.8 Å². The molecule has 2 rings (SSSR count). The molecule has 1 aromatic carbocycles. The van der Waals surface area contributed by atoms with Crippen LogP contribution in [0.25, 0.3) is 0 Å². The third-order valence-electron chi connectivity index (χ3n) is 3.65. The van der Waals surface area contributed by atoms with E-state index in [0.717, 1.165) is 17.9 Å². The second kappa shape index (κ2) is 5.87. The smallest absolute Gasteiger partial charge is 0.123 e. The Morgan fingerprint density at radius 1 is 1.53 bits per heavy atom. The molecule has 2 unspecified atom stereocenters. The topological polar surface area (TPSA) is 12.0 Å². The molecule has 0 radical (unpaired) electrons. The van der Waals surface area contributed by atoms with Crippen LogP contribution in [0.1, 0.15) is 17.5 Å². The minimum Gasteiger partial charge on any atom is -0.316 e. The van der Waals surface area contributed by atoms with Gasteiger partial charge in [-0.1, -0.05) is 6.07 Å². The monoisotopic (exact) mass is 253 g/mol. The van der Waals surface area contributed by atoms with Gasteiger partial charge in [0.15, 0.2) is 0 Å². The van der Waals surface area contributed by atoms with Crippen LogP contribution in [0, 0.1) is 18.7 Å². The second-order valence-electron chi connectivity index (χ2n) is 4.79. The number of rotatable bonds is 4. The third kappa shape index (κ3) is 3.23. The van der Waals surface area contributed by atoms with Gasteiger partial charge in [-0.25, -0.2) is 4.39 Å². The number of benzene rings is 1. The molecule has 1 aliphatic heterocycles. The Labute approximate surface area is 107 Å². The molecule has 0 bridgehead atoms. The van der Waals surface area contributed by atoms with Gasteiger partial charge >= 0.3 is 0 Å². The molecule has 1 aromatic rings. The Balaban J connectivity index is 2.06. The number of nitrogens with one attached hydrogen (secondary N) is 1. The molecule has 1 nitrogen and oxygen atoms in total. The van der Waals surface area contributed by atoms with Gasteiger partial charge in [0.25, 0.3) is 0 Å². The number of hydrogen-bond acceptors (Lipinski definition) is 2. The van der Waals surface area contributed by atoms with E-state index in [9.17, 15) is 4.39 Å². The summed E-state index contributed by atoms with van der Waals surface area (Å²) in [4.78, 5) is 0. The van der Waals surface area contributed by atoms with Crippen LogP contribution < -0.4 is 5.32 Å². The summed E-state index contributed by atoms with van der Waals surface area (Å²) in [7, 11) is 2.03. The van der Waals surface area contributed by atoms with E-state index < -0.39 is 0 Å². The largest absolute Gasteiger partial charge is 0.316 e. The van der Waals surface area contributed by atoms with E-state index in [0.29, 0.717) is 6.04 Å². The van der Waals surface area contributed by atoms with Crippen molar-refractivity contribution in [3.05, 3.63) is 35.1 Å². The average Bonchev–Trinajstić information content (AvgIpc) is 2.81. The van der Waals surface area contributed by atoms with E-state index >= 15 is 0 Å². The van der Waals surface area contributed by atoms with Gasteiger partial charge in [0.05, 0.1) is 0 Å². The van der Waals surface area contributed by atoms with Crippen molar-refractivity contribution in [2.24, 2.45) is 5.92 Å². The van der Waals surface area contributed by atoms with Crippen molar-refractivity contribution in [2.75, 3.05) is 18.6 Å². The predicted molar refractivity (Wildman–Crippen MR) is 73.1 cm³/mol. The Hall–Kier alpha value is -0.540. The average molecular weight is 253 g/mol. The lowest BCUT2D eigenvalue weighted by atomic mass is 9.91. The maximum Gasteiger partial charge on any atom is 0.123 e. The first-order chi connectivity index (χ1) is 8.20. The summed E-state index contributed by atoms with van der Waals surface area (Å²) in [6, 6.07) is 5.65. The van der Waals surface area contributed by atoms with Crippen molar-refractivity contribution in [3.63, 3.8) is 0 Å². The zero-order valence-electron chi connectivity index (χ0n) is 10.5. The summed E-state index contributed by atoms with van der Waals surface area (Å²) in [6.07, 6.45) is 2.31. The van der Waals surface area contributed by atoms with Crippen molar-refractivity contribution in [3.8, 4) is 0 Å². The molecule has 17 heavy (non-hydrogen) atoms. The highest BCUT2D eigenvalue weighted by atomic mass is 32.2. The van der Waals surface area contributed by atoms with Gasteiger partial charge in [-0.2, -0.15) is 11.8 Å². The van der Waals surface area contributed by atoms with Crippen molar-refractivity contribution in [1.29, 1.82) is 0 Å². The number of thioether (sulfide) groups is 1. The van der Waals surface area contributed by atoms with E-state index in [1.165, 1.54) is 23.5 Å². The standard InChI is InChI=1S/C14H20FNS/c1-10-7-13(15)4-3-11(10)8-14(16-2)12-5-6-17-9-12/h3-4,7,12,14,16H,5-6,8-9H2,1-2H3. The van der Waals surface area contributed by atoms with Gasteiger partial charge in [-0.3, -0.25) is 0 Å². The van der Waals surface area contributed by atoms with Crippen LogP contribution in [0.2, 0.25) is 0 Å². The summed E-state index contributed by atoms with van der Waals surface area (Å²) >= 11 is 2.04. The van der Waals surface area contributed by atoms with Gasteiger partial charge in [0.2, 0.25) is 0 Å². The zero-order valence-corrected chi connectivity index (χ0v) is 11.3. The lowest BCUT2D eigenvalue weighted by Crippen LogP contribution is -2.35. The Morgan fingerprint density at radius 2 is 2.35 bits per heavy atom. The highest BCUT2D eigenvalue weighted by Gasteiger charge is 2.24. The van der Waals surface area contributed by atoms with E-state index in [1.807, 2.05) is 31.8 Å². The highest BCUT2D eigenvalue weighted by Crippen LogP contribution is 2.28. The van der Waals surface area contributed by atoms with Crippen LogP contribution in [0.15, 0.2) is 18.2 Å². The third-order valence-corrected chi connectivity index (χ3v) is 4.84. The molecule has 0 aromatic heterocycles. The molecular weight excluding hydrogens is 233 g/mol. The van der Waals surface area contributed by atoms with Gasteiger partial charge in [0.1, 0.15) is 5.82 Å². The molecular formula is C14H20FNS. The summed E-state index contributed by atoms with van der Waals surface area (Å²) < 4.78 is 13.0. The van der Waals surface area contributed by atoms with E-state index in [4.69, 9.17) is 0 Å². The molecule has 1 heterocycles. The molecule has 1 aliphatic rings. The van der Waals surface area contributed by atoms with Crippen molar-refractivity contribution in [1.82, 2.24) is 5.32 Å². The maximum absolute atomic E-state index is 13.0. The molecule has 0 aliphatic carbocycles. The molecule has 0 spiro atoms. The summed E-state index contributed by atoms with van der Waals surface area (Å²) in [5.41, 5.74) is 2.33. The van der Waals surface area contributed by atoms with Gasteiger partial charge in [0, 0.05) is 6.04 Å². The molecule has 3 heteroatoms. The number of hydrogen-bond donors (Lipinski definition) is 1. The first-order valence-corrected chi connectivity index (χ1v) is 7.36. The molecule has 0 saturated carbocycles.